The van der Waals surface area contributed by atoms with Crippen LogP contribution in [0.1, 0.15) is 87.7 Å². The van der Waals surface area contributed by atoms with E-state index in [-0.39, 0.29) is 40.2 Å². The summed E-state index contributed by atoms with van der Waals surface area (Å²) in [6.45, 7) is 13.7. The van der Waals surface area contributed by atoms with Crippen LogP contribution < -0.4 is 4.90 Å². The van der Waals surface area contributed by atoms with E-state index in [1.54, 1.807) is 13.3 Å². The molecule has 1 saturated carbocycles. The van der Waals surface area contributed by atoms with E-state index in [9.17, 15) is 19.3 Å². The average molecular weight is 510 g/mol. The van der Waals surface area contributed by atoms with Crippen LogP contribution in [0.2, 0.25) is 0 Å². The van der Waals surface area contributed by atoms with Crippen molar-refractivity contribution in [2.75, 3.05) is 18.2 Å². The number of allylic oxidation sites excluding steroid dienone is 2. The Balaban J connectivity index is 1.99. The fourth-order valence-electron chi connectivity index (χ4n) is 5.16. The minimum atomic E-state index is -2.59. The Morgan fingerprint density at radius 2 is 1.79 bits per heavy atom. The number of aromatic carboxylic acids is 1. The van der Waals surface area contributed by atoms with Gasteiger partial charge in [0.2, 0.25) is 5.91 Å². The van der Waals surface area contributed by atoms with Gasteiger partial charge in [0, 0.05) is 30.2 Å². The highest BCUT2D eigenvalue weighted by Crippen LogP contribution is 2.45. The highest BCUT2D eigenvalue weighted by Gasteiger charge is 2.39. The summed E-state index contributed by atoms with van der Waals surface area (Å²) in [4.78, 5) is 29.4. The number of hydrogen-bond donors (Lipinski definition) is 1. The fraction of sp³-hybridized carbons (Fsp3) is 0.692. The Morgan fingerprint density at radius 1 is 1.18 bits per heavy atom. The largest absolute Gasteiger partial charge is 0.477 e. The zero-order valence-corrected chi connectivity index (χ0v) is 23.3. The summed E-state index contributed by atoms with van der Waals surface area (Å²) in [6, 6.07) is 1.83. The van der Waals surface area contributed by atoms with E-state index in [1.165, 1.54) is 16.9 Å². The molecule has 1 amide bonds. The molecule has 8 heteroatoms. The monoisotopic (exact) mass is 509 g/mol. The molecule has 0 unspecified atom stereocenters. The molecule has 2 aliphatic rings. The lowest BCUT2D eigenvalue weighted by Crippen LogP contribution is -2.48. The molecule has 2 atom stereocenters. The molecule has 0 spiro atoms. The van der Waals surface area contributed by atoms with Crippen LogP contribution in [0.15, 0.2) is 17.7 Å². The van der Waals surface area contributed by atoms with Gasteiger partial charge in [-0.3, -0.25) is 9.36 Å². The van der Waals surface area contributed by atoms with Gasteiger partial charge in [-0.05, 0) is 62.8 Å². The van der Waals surface area contributed by atoms with Crippen molar-refractivity contribution >= 4 is 36.3 Å². The van der Waals surface area contributed by atoms with Gasteiger partial charge in [0.05, 0.1) is 11.8 Å². The third-order valence-electron chi connectivity index (χ3n) is 6.92. The molecule has 2 aliphatic carbocycles. The van der Waals surface area contributed by atoms with Crippen molar-refractivity contribution < 1.29 is 23.8 Å². The van der Waals surface area contributed by atoms with Gasteiger partial charge in [-0.2, -0.15) is 0 Å². The average Bonchev–Trinajstić information content (AvgIpc) is 3.14. The first-order valence-electron chi connectivity index (χ1n) is 12.3. The number of hydrogen-bond acceptors (Lipinski definition) is 5. The summed E-state index contributed by atoms with van der Waals surface area (Å²) in [5.41, 5.74) is 1.63. The molecule has 1 N–H and O–H groups in total. The van der Waals surface area contributed by atoms with Gasteiger partial charge in [0.15, 0.2) is 7.37 Å². The smallest absolute Gasteiger partial charge is 0.348 e. The zero-order valence-electron chi connectivity index (χ0n) is 21.6. The molecule has 1 heterocycles. The second-order valence-corrected chi connectivity index (χ2v) is 15.2. The lowest BCUT2D eigenvalue weighted by atomic mass is 9.79. The number of carbonyl (C=O) groups excluding carboxylic acids is 1. The number of nitrogens with zero attached hydrogens (tertiary/aromatic N) is 1. The van der Waals surface area contributed by atoms with Gasteiger partial charge in [-0.25, -0.2) is 4.79 Å². The van der Waals surface area contributed by atoms with Crippen molar-refractivity contribution in [2.24, 2.45) is 11.8 Å². The molecule has 6 nitrogen and oxygen atoms in total. The van der Waals surface area contributed by atoms with Gasteiger partial charge < -0.3 is 14.5 Å². The minimum absolute atomic E-state index is 0.0260. The Kier molecular flexibility index (Phi) is 8.21. The Hall–Kier alpha value is -1.43. The van der Waals surface area contributed by atoms with Crippen molar-refractivity contribution in [1.82, 2.24) is 0 Å². The van der Waals surface area contributed by atoms with Gasteiger partial charge in [-0.1, -0.05) is 39.3 Å². The maximum Gasteiger partial charge on any atom is 0.348 e. The summed E-state index contributed by atoms with van der Waals surface area (Å²) in [7, 11) is -2.59. The topological polar surface area (TPSA) is 83.9 Å². The highest BCUT2D eigenvalue weighted by molar-refractivity contribution is 7.57. The van der Waals surface area contributed by atoms with E-state index >= 15 is 0 Å². The predicted octanol–water partition coefficient (Wildman–Crippen LogP) is 6.93. The quantitative estimate of drug-likeness (QED) is 0.332. The minimum Gasteiger partial charge on any atom is -0.477 e. The van der Waals surface area contributed by atoms with Crippen LogP contribution in [0.3, 0.4) is 0 Å². The van der Waals surface area contributed by atoms with Crippen LogP contribution in [0, 0.1) is 11.8 Å². The summed E-state index contributed by atoms with van der Waals surface area (Å²) in [6.07, 6.45) is 6.45. The summed E-state index contributed by atoms with van der Waals surface area (Å²) in [5.74, 6) is -0.919. The van der Waals surface area contributed by atoms with Crippen molar-refractivity contribution in [3.8, 4) is 0 Å². The normalized spacial score (nSPS) is 26.1. The van der Waals surface area contributed by atoms with Crippen molar-refractivity contribution in [1.29, 1.82) is 0 Å². The zero-order chi connectivity index (χ0) is 25.4. The molecule has 3 rings (SSSR count). The van der Waals surface area contributed by atoms with E-state index < -0.39 is 13.3 Å². The second kappa shape index (κ2) is 10.3. The van der Waals surface area contributed by atoms with E-state index in [1.807, 2.05) is 11.0 Å². The van der Waals surface area contributed by atoms with Gasteiger partial charge >= 0.3 is 5.97 Å². The maximum absolute atomic E-state index is 14.1. The van der Waals surface area contributed by atoms with Crippen LogP contribution >= 0.6 is 18.7 Å². The van der Waals surface area contributed by atoms with Crippen LogP contribution in [-0.2, 0) is 19.3 Å². The Bertz CT molecular complexity index is 993. The SMILES string of the molecule is CC1=CC[C@@H](C(=O)N(c2cc(C(C)(C)C)sc2C(=O)O)C2CCC(OP(C)(C)=O)CC2)[C@H](C)C1. The molecule has 34 heavy (non-hydrogen) atoms. The lowest BCUT2D eigenvalue weighted by Gasteiger charge is -2.40. The van der Waals surface area contributed by atoms with Gasteiger partial charge in [-0.15, -0.1) is 11.3 Å². The number of rotatable bonds is 6. The highest BCUT2D eigenvalue weighted by atomic mass is 32.1. The number of carboxylic acid groups (broad SMARTS) is 1. The van der Waals surface area contributed by atoms with E-state index in [0.29, 0.717) is 37.8 Å². The molecule has 1 aromatic heterocycles. The molecule has 0 bridgehead atoms. The van der Waals surface area contributed by atoms with Crippen LogP contribution in [0.4, 0.5) is 5.69 Å². The standard InChI is InChI=1S/C26H40NO5PS/c1-16-8-13-20(17(2)14-16)24(28)27(18-9-11-19(12-10-18)32-33(6,7)31)21-15-22(26(3,4)5)34-23(21)25(29)30/h8,15,17-20H,9-14H2,1-7H3,(H,29,30)/t17-,18?,19?,20-/m1/s1. The van der Waals surface area contributed by atoms with Crippen molar-refractivity contribution in [3.05, 3.63) is 27.5 Å². The molecule has 190 valence electrons. The van der Waals surface area contributed by atoms with Crippen LogP contribution in [0.5, 0.6) is 0 Å². The van der Waals surface area contributed by atoms with Crippen LogP contribution in [-0.4, -0.2) is 42.5 Å². The third kappa shape index (κ3) is 6.41. The number of anilines is 1. The third-order valence-corrected chi connectivity index (χ3v) is 9.27. The molecule has 0 aromatic carbocycles. The van der Waals surface area contributed by atoms with Gasteiger partial charge in [0.25, 0.3) is 0 Å². The lowest BCUT2D eigenvalue weighted by molar-refractivity contribution is -0.124. The molecule has 1 aromatic rings. The first-order chi connectivity index (χ1) is 15.7. The molecule has 1 fully saturated rings. The number of amides is 1. The summed E-state index contributed by atoms with van der Waals surface area (Å²) in [5, 5.41) is 10.1. The van der Waals surface area contributed by atoms with E-state index in [0.717, 1.165) is 11.3 Å². The molecular formula is C26H40NO5PS. The molecule has 0 radical (unpaired) electrons. The Labute approximate surface area is 208 Å². The fourth-order valence-corrected chi connectivity index (χ4v) is 7.14. The first kappa shape index (κ1) is 27.2. The van der Waals surface area contributed by atoms with Crippen molar-refractivity contribution in [3.63, 3.8) is 0 Å². The van der Waals surface area contributed by atoms with E-state index in [2.05, 4.69) is 40.7 Å². The number of carboxylic acids is 1. The van der Waals surface area contributed by atoms with Crippen LogP contribution in [0.25, 0.3) is 0 Å². The summed E-state index contributed by atoms with van der Waals surface area (Å²) < 4.78 is 17.9. The maximum atomic E-state index is 14.1. The van der Waals surface area contributed by atoms with Gasteiger partial charge in [0.1, 0.15) is 4.88 Å². The number of carbonyl (C=O) groups is 2. The summed E-state index contributed by atoms with van der Waals surface area (Å²) >= 11 is 1.27. The Morgan fingerprint density at radius 3 is 2.29 bits per heavy atom. The van der Waals surface area contributed by atoms with Crippen molar-refractivity contribution in [2.45, 2.75) is 90.7 Å². The first-order valence-corrected chi connectivity index (χ1v) is 15.6. The van der Waals surface area contributed by atoms with E-state index in [4.69, 9.17) is 4.52 Å². The molecular weight excluding hydrogens is 469 g/mol. The predicted molar refractivity (Wildman–Crippen MR) is 140 cm³/mol. The molecule has 0 saturated heterocycles. The number of thiophene rings is 1. The second-order valence-electron chi connectivity index (χ2n) is 11.5. The molecule has 0 aliphatic heterocycles.